The fraction of sp³-hybridized carbons (Fsp3) is 1.00. The maximum atomic E-state index is 3.28. The smallest absolute Gasteiger partial charge is 0.00213 e. The summed E-state index contributed by atoms with van der Waals surface area (Å²) in [6, 6.07) is 0. The van der Waals surface area contributed by atoms with Gasteiger partial charge in [-0.3, -0.25) is 0 Å². The largest absolute Gasteiger partial charge is 0.317 e. The quantitative estimate of drug-likeness (QED) is 0.271. The van der Waals surface area contributed by atoms with E-state index < -0.39 is 0 Å². The topological polar surface area (TPSA) is 25.0 Å². The molecule has 5 nitrogen and oxygen atoms in total. The van der Waals surface area contributed by atoms with Gasteiger partial charge < -0.3 is 24.9 Å². The molecule has 0 atom stereocenters. The fourth-order valence-electron chi connectivity index (χ4n) is 5.54. The Labute approximate surface area is 316 Å². The third-order valence-electron chi connectivity index (χ3n) is 8.28. The van der Waals surface area contributed by atoms with Gasteiger partial charge in [0.1, 0.15) is 0 Å². The number of hydrogen-bond acceptors (Lipinski definition) is 5. The maximum absolute atomic E-state index is 3.28. The molecule has 6 fully saturated rings. The minimum Gasteiger partial charge on any atom is -0.317 e. The molecule has 5 saturated heterocycles. The number of nitrogens with one attached hydrogen (secondary N) is 1. The van der Waals surface area contributed by atoms with E-state index in [9.17, 15) is 0 Å². The van der Waals surface area contributed by atoms with Crippen LogP contribution in [0.2, 0.25) is 0 Å². The van der Waals surface area contributed by atoms with Crippen molar-refractivity contribution in [3.8, 4) is 0 Å². The van der Waals surface area contributed by atoms with E-state index in [4.69, 9.17) is 0 Å². The van der Waals surface area contributed by atoms with E-state index in [0.29, 0.717) is 0 Å². The summed E-state index contributed by atoms with van der Waals surface area (Å²) in [6.07, 6.45) is 25.9. The molecule has 1 aliphatic carbocycles. The van der Waals surface area contributed by atoms with E-state index in [1.54, 1.807) is 0 Å². The zero-order valence-corrected chi connectivity index (χ0v) is 38.1. The lowest BCUT2D eigenvalue weighted by molar-refractivity contribution is 0.277. The van der Waals surface area contributed by atoms with Crippen molar-refractivity contribution in [1.29, 1.82) is 0 Å². The van der Waals surface area contributed by atoms with Crippen molar-refractivity contribution in [3.63, 3.8) is 0 Å². The Morgan fingerprint density at radius 2 is 0.367 bits per heavy atom. The molecule has 0 aromatic rings. The van der Waals surface area contributed by atoms with Crippen LogP contribution in [0.4, 0.5) is 0 Å². The summed E-state index contributed by atoms with van der Waals surface area (Å²) >= 11 is 0. The van der Waals surface area contributed by atoms with Gasteiger partial charge in [-0.2, -0.15) is 0 Å². The van der Waals surface area contributed by atoms with E-state index in [1.807, 2.05) is 83.1 Å². The van der Waals surface area contributed by atoms with Crippen LogP contribution in [0.3, 0.4) is 0 Å². The zero-order chi connectivity index (χ0) is 38.8. The van der Waals surface area contributed by atoms with Crippen LogP contribution in [0.25, 0.3) is 0 Å². The number of piperidine rings is 3. The van der Waals surface area contributed by atoms with Gasteiger partial charge in [-0.25, -0.2) is 0 Å². The molecule has 306 valence electrons. The summed E-state index contributed by atoms with van der Waals surface area (Å²) in [5, 5.41) is 3.28. The average Bonchev–Trinajstić information content (AvgIpc) is 4.03. The molecule has 1 saturated carbocycles. The van der Waals surface area contributed by atoms with Gasteiger partial charge in [0.2, 0.25) is 0 Å². The van der Waals surface area contributed by atoms with Crippen LogP contribution in [-0.4, -0.2) is 113 Å². The van der Waals surface area contributed by atoms with Crippen LogP contribution in [0.5, 0.6) is 0 Å². The maximum Gasteiger partial charge on any atom is -0.00213 e. The molecule has 0 radical (unpaired) electrons. The van der Waals surface area contributed by atoms with Crippen LogP contribution in [-0.2, 0) is 0 Å². The van der Waals surface area contributed by atoms with Crippen molar-refractivity contribution >= 4 is 0 Å². The molecule has 0 aromatic heterocycles. The molecule has 0 amide bonds. The molecule has 5 heterocycles. The molecule has 6 rings (SSSR count). The van der Waals surface area contributed by atoms with Gasteiger partial charge in [-0.15, -0.1) is 0 Å². The van der Waals surface area contributed by atoms with E-state index in [2.05, 4.69) is 53.1 Å². The Morgan fingerprint density at radius 3 is 0.449 bits per heavy atom. The lowest BCUT2D eigenvalue weighted by atomic mass is 10.1. The highest BCUT2D eigenvalue weighted by molar-refractivity contribution is 4.61. The molecular formula is C44H105N5. The number of hydrogen-bond donors (Lipinski definition) is 1. The summed E-state index contributed by atoms with van der Waals surface area (Å²) in [5.74, 6) is 0. The zero-order valence-electron chi connectivity index (χ0n) is 38.1. The van der Waals surface area contributed by atoms with E-state index in [0.717, 1.165) is 0 Å². The second-order valence-electron chi connectivity index (χ2n) is 12.3. The molecule has 0 unspecified atom stereocenters. The summed E-state index contributed by atoms with van der Waals surface area (Å²) in [6.45, 7) is 37.1. The predicted octanol–water partition coefficient (Wildman–Crippen LogP) is 12.5. The van der Waals surface area contributed by atoms with Crippen LogP contribution < -0.4 is 5.32 Å². The Balaban J connectivity index is -0.000000107. The van der Waals surface area contributed by atoms with Crippen molar-refractivity contribution in [2.45, 2.75) is 199 Å². The second kappa shape index (κ2) is 62.9. The monoisotopic (exact) mass is 704 g/mol. The van der Waals surface area contributed by atoms with Gasteiger partial charge in [-0.1, -0.05) is 134 Å². The first-order valence-electron chi connectivity index (χ1n) is 22.5. The Bertz CT molecular complexity index is 381. The van der Waals surface area contributed by atoms with Crippen LogP contribution in [0.1, 0.15) is 199 Å². The van der Waals surface area contributed by atoms with Gasteiger partial charge in [-0.05, 0) is 158 Å². The normalized spacial score (nSPS) is 19.6. The molecule has 5 heteroatoms. The minimum absolute atomic E-state index is 1.25. The molecule has 5 aliphatic heterocycles. The van der Waals surface area contributed by atoms with E-state index >= 15 is 0 Å². The average molecular weight is 704 g/mol. The van der Waals surface area contributed by atoms with Crippen molar-refractivity contribution in [2.75, 3.05) is 93.6 Å². The molecule has 0 spiro atoms. The predicted molar refractivity (Wildman–Crippen MR) is 234 cm³/mol. The van der Waals surface area contributed by atoms with Gasteiger partial charge in [0.15, 0.2) is 0 Å². The highest BCUT2D eigenvalue weighted by atomic mass is 15.1. The number of likely N-dealkylation sites (tertiary alicyclic amines) is 4. The molecule has 1 N–H and O–H groups in total. The van der Waals surface area contributed by atoms with E-state index in [1.165, 1.54) is 181 Å². The van der Waals surface area contributed by atoms with Crippen LogP contribution in [0.15, 0.2) is 0 Å². The van der Waals surface area contributed by atoms with E-state index in [-0.39, 0.29) is 0 Å². The van der Waals surface area contributed by atoms with Gasteiger partial charge in [0.25, 0.3) is 0 Å². The molecule has 0 aromatic carbocycles. The third kappa shape index (κ3) is 60.2. The van der Waals surface area contributed by atoms with Crippen molar-refractivity contribution in [1.82, 2.24) is 24.9 Å². The first-order valence-corrected chi connectivity index (χ1v) is 22.5. The van der Waals surface area contributed by atoms with Crippen molar-refractivity contribution < 1.29 is 0 Å². The van der Waals surface area contributed by atoms with Gasteiger partial charge >= 0.3 is 0 Å². The SMILES string of the molecule is C1CCCC1.C1CCNCC1.CC.CC.CC.CC.CC.CC.CN1CCCC1.CN1CCCC1.CN1CCCCC1.CN1CCCCC1. The van der Waals surface area contributed by atoms with Crippen molar-refractivity contribution in [2.24, 2.45) is 0 Å². The summed E-state index contributed by atoms with van der Waals surface area (Å²) in [5.41, 5.74) is 0. The summed E-state index contributed by atoms with van der Waals surface area (Å²) < 4.78 is 0. The highest BCUT2D eigenvalue weighted by Crippen LogP contribution is 2.15. The Hall–Kier alpha value is -0.200. The Kier molecular flexibility index (Phi) is 78.1. The second-order valence-corrected chi connectivity index (χ2v) is 12.3. The summed E-state index contributed by atoms with van der Waals surface area (Å²) in [7, 11) is 8.73. The molecular weight excluding hydrogens is 599 g/mol. The van der Waals surface area contributed by atoms with Gasteiger partial charge in [0.05, 0.1) is 0 Å². The molecule has 6 aliphatic rings. The van der Waals surface area contributed by atoms with Crippen molar-refractivity contribution in [3.05, 3.63) is 0 Å². The fourth-order valence-corrected chi connectivity index (χ4v) is 5.54. The Morgan fingerprint density at radius 1 is 0.224 bits per heavy atom. The summed E-state index contributed by atoms with van der Waals surface area (Å²) in [4.78, 5) is 9.51. The first-order chi connectivity index (χ1) is 24.1. The van der Waals surface area contributed by atoms with Crippen LogP contribution in [0, 0.1) is 0 Å². The lowest BCUT2D eigenvalue weighted by Crippen LogP contribution is -2.24. The van der Waals surface area contributed by atoms with Gasteiger partial charge in [0, 0.05) is 0 Å². The third-order valence-corrected chi connectivity index (χ3v) is 8.28. The molecule has 0 bridgehead atoms. The number of nitrogens with zero attached hydrogens (tertiary/aromatic N) is 4. The number of rotatable bonds is 0. The first kappa shape index (κ1) is 60.9. The highest BCUT2D eigenvalue weighted by Gasteiger charge is 2.04. The standard InChI is InChI=1S/2C6H13N.3C5H11N.C5H10.6C2H6/c2*1-7-5-3-2-4-6-7;2*1-6-4-2-3-5-6;1-2-4-6-5-3-1;1-2-4-5-3-1;6*1-2/h2*2-6H2,1H3;2*2-5H2,1H3;6H,1-5H2;1-5H2;6*1-2H3. The van der Waals surface area contributed by atoms with Crippen LogP contribution >= 0.6 is 0 Å². The molecule has 49 heavy (non-hydrogen) atoms. The lowest BCUT2D eigenvalue weighted by Gasteiger charge is -2.20. The minimum atomic E-state index is 1.25.